The van der Waals surface area contributed by atoms with Crippen LogP contribution in [0.25, 0.3) is 22.3 Å². The molecule has 402 valence electrons. The number of nitrogens with one attached hydrogen (secondary N) is 2. The number of nitrogen functional groups attached to an aromatic ring is 2. The number of rotatable bonds is 20. The summed E-state index contributed by atoms with van der Waals surface area (Å²) in [6, 6.07) is 0.934. The molecule has 0 saturated carbocycles. The van der Waals surface area contributed by atoms with Crippen molar-refractivity contribution in [3.8, 4) is 0 Å². The van der Waals surface area contributed by atoms with Crippen molar-refractivity contribution in [1.82, 2.24) is 43.6 Å². The van der Waals surface area contributed by atoms with Gasteiger partial charge in [-0.1, -0.05) is 4.98 Å². The average Bonchev–Trinajstić information content (AvgIpc) is 4.10. The molecule has 39 heteroatoms. The number of H-pyrrole nitrogens is 2. The second-order valence-corrected chi connectivity index (χ2v) is 24.5. The van der Waals surface area contributed by atoms with Gasteiger partial charge in [-0.2, -0.15) is 0 Å². The zero-order valence-electron chi connectivity index (χ0n) is 38.0. The Hall–Kier alpha value is -4.54. The minimum atomic E-state index is -5.85. The third kappa shape index (κ3) is 11.2. The van der Waals surface area contributed by atoms with E-state index in [9.17, 15) is 67.5 Å². The second kappa shape index (κ2) is 20.9. The number of hydrogen-bond acceptors (Lipinski definition) is 25. The lowest BCUT2D eigenvalue weighted by Gasteiger charge is -2.28. The molecule has 16 atom stereocenters. The first-order valence-electron chi connectivity index (χ1n) is 21.2. The smallest absolute Gasteiger partial charge is 0.387 e. The molecular formula is C34H49N12O23P4+. The first-order chi connectivity index (χ1) is 34.2. The molecule has 0 aromatic carbocycles. The van der Waals surface area contributed by atoms with Gasteiger partial charge in [0.25, 0.3) is 17.1 Å². The van der Waals surface area contributed by atoms with Crippen LogP contribution < -0.4 is 32.8 Å². The van der Waals surface area contributed by atoms with Gasteiger partial charge < -0.3 is 79.1 Å². The zero-order valence-corrected chi connectivity index (χ0v) is 41.6. The fourth-order valence-corrected chi connectivity index (χ4v) is 15.4. The molecule has 5 aromatic rings. The third-order valence-corrected chi connectivity index (χ3v) is 19.5. The Bertz CT molecular complexity index is 3240. The molecule has 5 unspecified atom stereocenters. The van der Waals surface area contributed by atoms with Crippen molar-refractivity contribution in [2.24, 2.45) is 13.0 Å². The Balaban J connectivity index is 0.957. The summed E-state index contributed by atoms with van der Waals surface area (Å²) in [6.45, 7) is -3.27. The minimum absolute atomic E-state index is 0.00329. The van der Waals surface area contributed by atoms with Gasteiger partial charge in [0.15, 0.2) is 36.2 Å². The fourth-order valence-electron chi connectivity index (χ4n) is 8.65. The summed E-state index contributed by atoms with van der Waals surface area (Å²) in [5.41, 5.74) is 7.44. The van der Waals surface area contributed by atoms with Crippen LogP contribution in [0.2, 0.25) is 0 Å². The van der Waals surface area contributed by atoms with E-state index >= 15 is 0 Å². The van der Waals surface area contributed by atoms with Crippen LogP contribution in [0.3, 0.4) is 0 Å². The summed E-state index contributed by atoms with van der Waals surface area (Å²) in [5, 5.41) is 32.8. The number of fused-ring (bicyclic) bond motifs is 2. The standard InChI is InChI=1S/C34H48N12O23P4/c1-43-12-46(28-20(43)29(51)42-33(36)41-28)30-21(48)14(6-61-2)15(66-30)7-63-70(53,54)13-71(55,56)69-73(59,60)65-9-17-25(24(62-3)32(68-17)45-11-39-19-26(35)37-10-38-27(19)45)72(57,58)64-8-16-22(49)23(50)31(67-16)44-5-4-18(47)40-34(44)52/h4-5,10-12,14-17,21-25,30-32,48-50H,6-9,13H2,1-3H3,(H9-,35,36,37,38,40,41,42,47,51,52,53,54,55,56,57,58,59,60)/p+1/t14-,15-,16-,17?,21-,22-,23-,24-,25-,30-,31-,32-/m1/s1. The predicted octanol–water partition coefficient (Wildman–Crippen LogP) is -3.79. The van der Waals surface area contributed by atoms with Crippen LogP contribution in [0.1, 0.15) is 18.7 Å². The molecule has 0 spiro atoms. The monoisotopic (exact) mass is 1120 g/mol. The Kier molecular flexibility index (Phi) is 15.6. The van der Waals surface area contributed by atoms with E-state index < -0.39 is 146 Å². The van der Waals surface area contributed by atoms with Crippen molar-refractivity contribution in [1.29, 1.82) is 0 Å². The normalized spacial score (nSPS) is 30.9. The van der Waals surface area contributed by atoms with E-state index in [2.05, 4.69) is 29.2 Å². The lowest BCUT2D eigenvalue weighted by Crippen LogP contribution is -2.45. The minimum Gasteiger partial charge on any atom is -0.387 e. The van der Waals surface area contributed by atoms with Gasteiger partial charge in [0.2, 0.25) is 11.7 Å². The maximum Gasteiger partial charge on any atom is 0.479 e. The Labute approximate surface area is 407 Å². The number of imidazole rings is 2. The summed E-state index contributed by atoms with van der Waals surface area (Å²) >= 11 is 0. The van der Waals surface area contributed by atoms with Crippen molar-refractivity contribution in [3.63, 3.8) is 0 Å². The van der Waals surface area contributed by atoms with Gasteiger partial charge >= 0.3 is 41.9 Å². The molecule has 3 fully saturated rings. The molecule has 3 aliphatic heterocycles. The number of anilines is 2. The molecule has 35 nitrogen and oxygen atoms in total. The molecule has 0 aliphatic carbocycles. The van der Waals surface area contributed by atoms with Crippen LogP contribution in [0.15, 0.2) is 45.6 Å². The molecule has 13 N–H and O–H groups in total. The van der Waals surface area contributed by atoms with Gasteiger partial charge in [0, 0.05) is 32.4 Å². The van der Waals surface area contributed by atoms with E-state index in [4.69, 9.17) is 48.7 Å². The number of aliphatic hydroxyl groups is 3. The summed E-state index contributed by atoms with van der Waals surface area (Å²) in [6.07, 6.45) is -11.3. The van der Waals surface area contributed by atoms with E-state index in [0.29, 0.717) is 0 Å². The Morgan fingerprint density at radius 1 is 0.808 bits per heavy atom. The molecule has 8 heterocycles. The number of phosphoric acid groups is 1. The number of aliphatic hydroxyl groups excluding tert-OH is 3. The van der Waals surface area contributed by atoms with Gasteiger partial charge in [-0.25, -0.2) is 33.2 Å². The number of aryl methyl sites for hydroxylation is 1. The van der Waals surface area contributed by atoms with Crippen molar-refractivity contribution in [3.05, 3.63) is 62.4 Å². The average molecular weight is 1120 g/mol. The van der Waals surface area contributed by atoms with Crippen LogP contribution in [-0.4, -0.2) is 173 Å². The van der Waals surface area contributed by atoms with Gasteiger partial charge in [-0.05, 0) is 0 Å². The molecule has 0 radical (unpaired) electrons. The summed E-state index contributed by atoms with van der Waals surface area (Å²) in [4.78, 5) is 101. The molecule has 3 saturated heterocycles. The van der Waals surface area contributed by atoms with Crippen molar-refractivity contribution >= 4 is 64.7 Å². The Morgan fingerprint density at radius 3 is 2.21 bits per heavy atom. The SMILES string of the molecule is COC[C@H]1[C@@H](O)[C@H]([n+]2cn(C)c3c(=O)[nH]c(N)nc32)O[C@@H]1COP(=O)(O)CP(=O)(O)OP(=O)(O)OCC1O[C@@H](n2cnc3c(N)ncnc32)[C@H](OC)[C@@H]1P(=O)(O)OC[C@H]1O[C@@H](n2ccc(=O)[nH]c2=O)[C@H](O)[C@@H]1O. The molecule has 0 amide bonds. The number of nitrogens with zero attached hydrogens (tertiary/aromatic N) is 8. The first kappa shape index (κ1) is 54.7. The molecule has 3 aliphatic rings. The fraction of sp³-hybridized carbons (Fsp3) is 0.588. The van der Waals surface area contributed by atoms with Gasteiger partial charge in [-0.15, -0.1) is 0 Å². The molecule has 5 aromatic heterocycles. The number of aromatic amines is 2. The molecule has 73 heavy (non-hydrogen) atoms. The highest BCUT2D eigenvalue weighted by atomic mass is 31.3. The molecule has 8 rings (SSSR count). The number of hydrogen-bond donors (Lipinski definition) is 11. The first-order valence-corrected chi connectivity index (χ1v) is 27.9. The highest BCUT2D eigenvalue weighted by Gasteiger charge is 2.58. The van der Waals surface area contributed by atoms with E-state index in [-0.39, 0.29) is 40.7 Å². The van der Waals surface area contributed by atoms with Gasteiger partial charge in [-0.3, -0.25) is 51.5 Å². The number of ether oxygens (including phenoxy) is 5. The topological polar surface area (TPSA) is 498 Å². The number of methoxy groups -OCH3 is 2. The molecule has 0 bridgehead atoms. The summed E-state index contributed by atoms with van der Waals surface area (Å²) < 4.78 is 107. The maximum atomic E-state index is 14.3. The van der Waals surface area contributed by atoms with Crippen molar-refractivity contribution < 1.29 is 99.3 Å². The summed E-state index contributed by atoms with van der Waals surface area (Å²) in [7, 11) is -18.2. The van der Waals surface area contributed by atoms with Crippen LogP contribution in [0.4, 0.5) is 11.8 Å². The lowest BCUT2D eigenvalue weighted by molar-refractivity contribution is -0.745. The Morgan fingerprint density at radius 2 is 1.51 bits per heavy atom. The van der Waals surface area contributed by atoms with Crippen LogP contribution in [0, 0.1) is 5.92 Å². The van der Waals surface area contributed by atoms with E-state index in [0.717, 1.165) is 36.6 Å². The molecular weight excluding hydrogens is 1070 g/mol. The number of phosphoric ester groups is 1. The quantitative estimate of drug-likeness (QED) is 0.0263. The van der Waals surface area contributed by atoms with Gasteiger partial charge in [0.05, 0.1) is 45.9 Å². The van der Waals surface area contributed by atoms with Crippen LogP contribution >= 0.6 is 30.6 Å². The highest BCUT2D eigenvalue weighted by molar-refractivity contribution is 7.74. The highest BCUT2D eigenvalue weighted by Crippen LogP contribution is 2.67. The maximum absolute atomic E-state index is 14.3. The van der Waals surface area contributed by atoms with Crippen LogP contribution in [-0.2, 0) is 66.9 Å². The van der Waals surface area contributed by atoms with E-state index in [1.54, 1.807) is 0 Å². The lowest BCUT2D eigenvalue weighted by atomic mass is 9.99. The van der Waals surface area contributed by atoms with E-state index in [1.165, 1.54) is 34.2 Å². The third-order valence-electron chi connectivity index (χ3n) is 11.9. The summed E-state index contributed by atoms with van der Waals surface area (Å²) in [5.74, 6) is -3.14. The largest absolute Gasteiger partial charge is 0.479 e. The van der Waals surface area contributed by atoms with Crippen molar-refractivity contribution in [2.75, 3.05) is 58.0 Å². The zero-order chi connectivity index (χ0) is 53.1. The van der Waals surface area contributed by atoms with Crippen LogP contribution in [0.5, 0.6) is 0 Å². The second-order valence-electron chi connectivity index (χ2n) is 16.8. The number of nitrogens with two attached hydrogens (primary N) is 2. The predicted molar refractivity (Wildman–Crippen MR) is 240 cm³/mol. The van der Waals surface area contributed by atoms with Gasteiger partial charge in [0.1, 0.15) is 54.1 Å². The van der Waals surface area contributed by atoms with E-state index in [1.807, 2.05) is 4.98 Å². The van der Waals surface area contributed by atoms with Crippen molar-refractivity contribution in [2.45, 2.75) is 67.1 Å². The number of aromatic nitrogens is 10.